The van der Waals surface area contributed by atoms with Crippen molar-refractivity contribution in [1.29, 1.82) is 0 Å². The van der Waals surface area contributed by atoms with Crippen molar-refractivity contribution in [3.05, 3.63) is 176 Å². The van der Waals surface area contributed by atoms with Gasteiger partial charge < -0.3 is 4.42 Å². The van der Waals surface area contributed by atoms with E-state index in [1.165, 1.54) is 11.1 Å². The largest absolute Gasteiger partial charge is 0.455 e. The summed E-state index contributed by atoms with van der Waals surface area (Å²) in [6, 6.07) is 60.5. The van der Waals surface area contributed by atoms with Gasteiger partial charge in [0.1, 0.15) is 11.2 Å². The van der Waals surface area contributed by atoms with Crippen LogP contribution < -0.4 is 0 Å². The number of fused-ring (bicyclic) bond motifs is 3. The van der Waals surface area contributed by atoms with Crippen LogP contribution in [0, 0.1) is 0 Å². The molecule has 49 heavy (non-hydrogen) atoms. The molecule has 0 fully saturated rings. The second-order valence-corrected chi connectivity index (χ2v) is 12.0. The van der Waals surface area contributed by atoms with E-state index in [9.17, 15) is 0 Å². The third-order valence-corrected chi connectivity index (χ3v) is 8.92. The molecule has 0 spiro atoms. The van der Waals surface area contributed by atoms with E-state index in [1.807, 2.05) is 66.7 Å². The maximum absolute atomic E-state index is 6.91. The van der Waals surface area contributed by atoms with E-state index in [1.54, 1.807) is 0 Å². The first-order valence-electron chi connectivity index (χ1n) is 16.4. The maximum atomic E-state index is 6.91. The fraction of sp³-hybridized carbons (Fsp3) is 0. The van der Waals surface area contributed by atoms with E-state index in [0.29, 0.717) is 17.5 Å². The average Bonchev–Trinajstić information content (AvgIpc) is 3.58. The predicted molar refractivity (Wildman–Crippen MR) is 200 cm³/mol. The van der Waals surface area contributed by atoms with Crippen LogP contribution in [0.1, 0.15) is 0 Å². The number of benzene rings is 7. The number of hydrogen-bond donors (Lipinski definition) is 0. The molecule has 9 rings (SSSR count). The van der Waals surface area contributed by atoms with Crippen molar-refractivity contribution in [1.82, 2.24) is 15.0 Å². The Hall–Kier alpha value is -6.65. The highest BCUT2D eigenvalue weighted by Crippen LogP contribution is 2.41. The summed E-state index contributed by atoms with van der Waals surface area (Å²) in [4.78, 5) is 14.9. The van der Waals surface area contributed by atoms with Crippen LogP contribution in [0.15, 0.2) is 180 Å². The molecule has 0 amide bonds. The van der Waals surface area contributed by atoms with E-state index in [4.69, 9.17) is 19.4 Å². The first-order valence-corrected chi connectivity index (χ1v) is 16.4. The molecule has 0 saturated carbocycles. The molecule has 230 valence electrons. The summed E-state index contributed by atoms with van der Waals surface area (Å²) in [5.41, 5.74) is 11.0. The lowest BCUT2D eigenvalue weighted by Crippen LogP contribution is -2.00. The van der Waals surface area contributed by atoms with Gasteiger partial charge in [0, 0.05) is 27.5 Å². The number of nitrogens with zero attached hydrogens (tertiary/aromatic N) is 3. The first-order chi connectivity index (χ1) is 24.3. The third-order valence-electron chi connectivity index (χ3n) is 8.92. The Kier molecular flexibility index (Phi) is 7.10. The number of para-hydroxylation sites is 2. The van der Waals surface area contributed by atoms with E-state index >= 15 is 0 Å². The summed E-state index contributed by atoms with van der Waals surface area (Å²) in [6.45, 7) is 0. The van der Waals surface area contributed by atoms with Crippen LogP contribution in [0.5, 0.6) is 0 Å². The van der Waals surface area contributed by atoms with Crippen LogP contribution in [0.25, 0.3) is 89.5 Å². The molecule has 0 N–H and O–H groups in total. The van der Waals surface area contributed by atoms with Gasteiger partial charge in [-0.15, -0.1) is 0 Å². The van der Waals surface area contributed by atoms with E-state index < -0.39 is 0 Å². The zero-order valence-corrected chi connectivity index (χ0v) is 26.5. The zero-order valence-electron chi connectivity index (χ0n) is 26.5. The molecular formula is C45H29N3O. The topological polar surface area (TPSA) is 51.8 Å². The minimum absolute atomic E-state index is 0.566. The summed E-state index contributed by atoms with van der Waals surface area (Å²) in [7, 11) is 0. The molecule has 0 aliphatic rings. The van der Waals surface area contributed by atoms with Crippen LogP contribution in [0.3, 0.4) is 0 Å². The maximum Gasteiger partial charge on any atom is 0.167 e. The zero-order chi connectivity index (χ0) is 32.6. The Morgan fingerprint density at radius 1 is 0.286 bits per heavy atom. The molecule has 2 aromatic heterocycles. The van der Waals surface area contributed by atoms with Crippen molar-refractivity contribution in [3.63, 3.8) is 0 Å². The molecule has 9 aromatic rings. The summed E-state index contributed by atoms with van der Waals surface area (Å²) in [6.07, 6.45) is 0. The van der Waals surface area contributed by atoms with Gasteiger partial charge in [-0.05, 0) is 52.1 Å². The third kappa shape index (κ3) is 5.35. The Morgan fingerprint density at radius 2 is 0.673 bits per heavy atom. The molecule has 4 heteroatoms. The van der Waals surface area contributed by atoms with Crippen LogP contribution >= 0.6 is 0 Å². The Bertz CT molecular complexity index is 2280. The second kappa shape index (κ2) is 12.2. The second-order valence-electron chi connectivity index (χ2n) is 12.0. The van der Waals surface area contributed by atoms with Crippen LogP contribution in [0.2, 0.25) is 0 Å². The SMILES string of the molecule is c1ccc(-c2cc(-c3ccccc3)cc(-c3cccc4c3oc3c(-c5nc(-c6ccccc6)nc(-c6ccccc6)n5)cccc34)c2)cc1. The van der Waals surface area contributed by atoms with Gasteiger partial charge in [0.05, 0.1) is 5.56 Å². The molecule has 2 heterocycles. The summed E-state index contributed by atoms with van der Waals surface area (Å²) < 4.78 is 6.91. The lowest BCUT2D eigenvalue weighted by Gasteiger charge is -2.11. The normalized spacial score (nSPS) is 11.3. The predicted octanol–water partition coefficient (Wildman–Crippen LogP) is 11.8. The lowest BCUT2D eigenvalue weighted by molar-refractivity contribution is 0.670. The minimum atomic E-state index is 0.566. The van der Waals surface area contributed by atoms with Gasteiger partial charge in [-0.2, -0.15) is 0 Å². The molecule has 0 aliphatic carbocycles. The first kappa shape index (κ1) is 28.6. The van der Waals surface area contributed by atoms with Gasteiger partial charge in [0.25, 0.3) is 0 Å². The van der Waals surface area contributed by atoms with Gasteiger partial charge in [-0.1, -0.05) is 152 Å². The van der Waals surface area contributed by atoms with E-state index in [2.05, 4.69) is 109 Å². The van der Waals surface area contributed by atoms with Crippen LogP contribution in [0.4, 0.5) is 0 Å². The standard InChI is InChI=1S/C45H29N3O/c1-5-15-30(16-6-1)34-27-35(31-17-7-2-8-18-31)29-36(28-34)37-23-13-24-38-39-25-14-26-40(42(39)49-41(37)38)45-47-43(32-19-9-3-10-20-32)46-44(48-45)33-21-11-4-12-22-33/h1-29H. The highest BCUT2D eigenvalue weighted by molar-refractivity contribution is 6.13. The van der Waals surface area contributed by atoms with Gasteiger partial charge in [-0.25, -0.2) is 15.0 Å². The molecular weight excluding hydrogens is 599 g/mol. The Morgan fingerprint density at radius 3 is 1.16 bits per heavy atom. The van der Waals surface area contributed by atoms with Crippen LogP contribution in [-0.2, 0) is 0 Å². The minimum Gasteiger partial charge on any atom is -0.455 e. The summed E-state index contributed by atoms with van der Waals surface area (Å²) >= 11 is 0. The quantitative estimate of drug-likeness (QED) is 0.184. The van der Waals surface area contributed by atoms with Crippen molar-refractivity contribution in [2.24, 2.45) is 0 Å². The fourth-order valence-electron chi connectivity index (χ4n) is 6.53. The molecule has 0 bridgehead atoms. The van der Waals surface area contributed by atoms with Crippen LogP contribution in [-0.4, -0.2) is 15.0 Å². The number of furan rings is 1. The smallest absolute Gasteiger partial charge is 0.167 e. The van der Waals surface area contributed by atoms with Crippen molar-refractivity contribution in [3.8, 4) is 67.5 Å². The highest BCUT2D eigenvalue weighted by atomic mass is 16.3. The summed E-state index contributed by atoms with van der Waals surface area (Å²) in [5, 5.41) is 2.06. The molecule has 0 atom stereocenters. The monoisotopic (exact) mass is 627 g/mol. The average molecular weight is 628 g/mol. The van der Waals surface area contributed by atoms with Gasteiger partial charge in [0.2, 0.25) is 0 Å². The molecule has 0 unspecified atom stereocenters. The number of hydrogen-bond acceptors (Lipinski definition) is 4. The fourth-order valence-corrected chi connectivity index (χ4v) is 6.53. The van der Waals surface area contributed by atoms with Crippen molar-refractivity contribution < 1.29 is 4.42 Å². The molecule has 0 saturated heterocycles. The lowest BCUT2D eigenvalue weighted by atomic mass is 9.92. The van der Waals surface area contributed by atoms with Crippen molar-refractivity contribution in [2.75, 3.05) is 0 Å². The number of aromatic nitrogens is 3. The molecule has 4 nitrogen and oxygen atoms in total. The van der Waals surface area contributed by atoms with Gasteiger partial charge in [0.15, 0.2) is 17.5 Å². The highest BCUT2D eigenvalue weighted by Gasteiger charge is 2.20. The summed E-state index contributed by atoms with van der Waals surface area (Å²) in [5.74, 6) is 1.80. The number of rotatable bonds is 6. The molecule has 0 aliphatic heterocycles. The Balaban J connectivity index is 1.26. The van der Waals surface area contributed by atoms with Gasteiger partial charge >= 0.3 is 0 Å². The van der Waals surface area contributed by atoms with E-state index in [0.717, 1.165) is 60.9 Å². The molecule has 7 aromatic carbocycles. The van der Waals surface area contributed by atoms with Gasteiger partial charge in [-0.3, -0.25) is 0 Å². The van der Waals surface area contributed by atoms with E-state index in [-0.39, 0.29) is 0 Å². The van der Waals surface area contributed by atoms with Crippen molar-refractivity contribution in [2.45, 2.75) is 0 Å². The van der Waals surface area contributed by atoms with Crippen molar-refractivity contribution >= 4 is 21.9 Å². The Labute approximate surface area is 284 Å². The molecule has 0 radical (unpaired) electrons.